The van der Waals surface area contributed by atoms with E-state index in [-0.39, 0.29) is 12.5 Å². The third-order valence-electron chi connectivity index (χ3n) is 4.61. The molecule has 3 rings (SSSR count). The number of nitrogens with zero attached hydrogens (tertiary/aromatic N) is 2. The van der Waals surface area contributed by atoms with Gasteiger partial charge in [0.2, 0.25) is 0 Å². The highest BCUT2D eigenvalue weighted by molar-refractivity contribution is 5.80. The van der Waals surface area contributed by atoms with Crippen LogP contribution in [0.2, 0.25) is 0 Å². The van der Waals surface area contributed by atoms with Crippen molar-refractivity contribution in [2.24, 2.45) is 5.92 Å². The zero-order valence-corrected chi connectivity index (χ0v) is 16.4. The summed E-state index contributed by atoms with van der Waals surface area (Å²) in [6.07, 6.45) is 0.923. The highest BCUT2D eigenvalue weighted by Crippen LogP contribution is 2.22. The number of ether oxygens (including phenoxy) is 1. The summed E-state index contributed by atoms with van der Waals surface area (Å²) in [7, 11) is 0. The number of hydrogen-bond acceptors (Lipinski definition) is 3. The fraction of sp³-hybridized carbons (Fsp3) is 0.304. The zero-order valence-electron chi connectivity index (χ0n) is 16.4. The highest BCUT2D eigenvalue weighted by Gasteiger charge is 2.17. The Balaban J connectivity index is 1.66. The Labute approximate surface area is 160 Å². The van der Waals surface area contributed by atoms with E-state index in [0.717, 1.165) is 34.5 Å². The summed E-state index contributed by atoms with van der Waals surface area (Å²) in [5, 5.41) is 4.42. The number of benzene rings is 2. The average molecular weight is 362 g/mol. The van der Waals surface area contributed by atoms with Gasteiger partial charge >= 0.3 is 0 Å². The van der Waals surface area contributed by atoms with Crippen molar-refractivity contribution in [3.05, 3.63) is 71.5 Å². The normalized spacial score (nSPS) is 11.0. The second kappa shape index (κ2) is 8.21. The standard InChI is InChI=1S/C23H26N2O2/c1-16(2)14-22-17(3)24-25(18(22)4)23(26)15-27-21-12-10-20(11-13-21)19-8-6-5-7-9-19/h5-13,16H,14-15H2,1-4H3. The van der Waals surface area contributed by atoms with Crippen LogP contribution < -0.4 is 4.74 Å². The molecule has 0 aliphatic rings. The molecule has 0 aliphatic carbocycles. The lowest BCUT2D eigenvalue weighted by Gasteiger charge is -2.09. The molecule has 1 aromatic heterocycles. The molecule has 4 nitrogen and oxygen atoms in total. The van der Waals surface area contributed by atoms with E-state index in [1.807, 2.05) is 56.3 Å². The molecule has 0 saturated carbocycles. The van der Waals surface area contributed by atoms with Gasteiger partial charge in [0, 0.05) is 5.69 Å². The molecule has 1 heterocycles. The molecule has 0 saturated heterocycles. The molecule has 0 aliphatic heterocycles. The van der Waals surface area contributed by atoms with Gasteiger partial charge in [0.1, 0.15) is 5.75 Å². The van der Waals surface area contributed by atoms with Crippen LogP contribution in [0.25, 0.3) is 11.1 Å². The summed E-state index contributed by atoms with van der Waals surface area (Å²) in [6.45, 7) is 8.20. The van der Waals surface area contributed by atoms with Gasteiger partial charge < -0.3 is 4.74 Å². The Morgan fingerprint density at radius 3 is 2.26 bits per heavy atom. The van der Waals surface area contributed by atoms with Crippen molar-refractivity contribution in [1.29, 1.82) is 0 Å². The van der Waals surface area contributed by atoms with Gasteiger partial charge in [0.25, 0.3) is 5.91 Å². The first-order valence-corrected chi connectivity index (χ1v) is 9.32. The van der Waals surface area contributed by atoms with Gasteiger partial charge in [0.05, 0.1) is 5.69 Å². The molecule has 0 unspecified atom stereocenters. The minimum absolute atomic E-state index is 0.0340. The molecule has 0 bridgehead atoms. The predicted molar refractivity (Wildman–Crippen MR) is 108 cm³/mol. The van der Waals surface area contributed by atoms with E-state index in [1.165, 1.54) is 4.68 Å². The van der Waals surface area contributed by atoms with Crippen LogP contribution >= 0.6 is 0 Å². The third-order valence-corrected chi connectivity index (χ3v) is 4.61. The lowest BCUT2D eigenvalue weighted by atomic mass is 10.0. The lowest BCUT2D eigenvalue weighted by molar-refractivity contribution is 0.0818. The molecular formula is C23H26N2O2. The van der Waals surface area contributed by atoms with Gasteiger partial charge in [-0.2, -0.15) is 5.10 Å². The SMILES string of the molecule is Cc1nn(C(=O)COc2ccc(-c3ccccc3)cc2)c(C)c1CC(C)C. The van der Waals surface area contributed by atoms with E-state index in [9.17, 15) is 4.79 Å². The first kappa shape index (κ1) is 18.9. The van der Waals surface area contributed by atoms with Crippen molar-refractivity contribution in [3.8, 4) is 16.9 Å². The Kier molecular flexibility index (Phi) is 5.75. The maximum atomic E-state index is 12.6. The molecule has 0 amide bonds. The van der Waals surface area contributed by atoms with Gasteiger partial charge in [-0.3, -0.25) is 4.79 Å². The molecular weight excluding hydrogens is 336 g/mol. The maximum Gasteiger partial charge on any atom is 0.284 e. The molecule has 0 spiro atoms. The van der Waals surface area contributed by atoms with Crippen LogP contribution in [0.1, 0.15) is 35.6 Å². The number of rotatable bonds is 6. The topological polar surface area (TPSA) is 44.1 Å². The van der Waals surface area contributed by atoms with E-state index < -0.39 is 0 Å². The smallest absolute Gasteiger partial charge is 0.284 e. The molecule has 0 radical (unpaired) electrons. The molecule has 0 N–H and O–H groups in total. The monoisotopic (exact) mass is 362 g/mol. The summed E-state index contributed by atoms with van der Waals surface area (Å²) in [5.41, 5.74) is 5.26. The van der Waals surface area contributed by atoms with Gasteiger partial charge in [-0.1, -0.05) is 56.3 Å². The lowest BCUT2D eigenvalue weighted by Crippen LogP contribution is -2.21. The number of aromatic nitrogens is 2. The van der Waals surface area contributed by atoms with Crippen LogP contribution in [0.5, 0.6) is 5.75 Å². The minimum Gasteiger partial charge on any atom is -0.484 e. The minimum atomic E-state index is -0.155. The van der Waals surface area contributed by atoms with Crippen molar-refractivity contribution in [2.75, 3.05) is 6.61 Å². The fourth-order valence-corrected chi connectivity index (χ4v) is 3.20. The van der Waals surface area contributed by atoms with Crippen LogP contribution in [0.4, 0.5) is 0 Å². The fourth-order valence-electron chi connectivity index (χ4n) is 3.20. The van der Waals surface area contributed by atoms with Gasteiger partial charge in [-0.05, 0) is 55.0 Å². The second-order valence-corrected chi connectivity index (χ2v) is 7.23. The Morgan fingerprint density at radius 1 is 1.00 bits per heavy atom. The molecule has 0 atom stereocenters. The van der Waals surface area contributed by atoms with Gasteiger partial charge in [-0.25, -0.2) is 4.68 Å². The predicted octanol–water partition coefficient (Wildman–Crippen LogP) is 5.08. The number of carbonyl (C=O) groups excluding carboxylic acids is 1. The van der Waals surface area contributed by atoms with Crippen LogP contribution in [0, 0.1) is 19.8 Å². The van der Waals surface area contributed by atoms with Crippen LogP contribution in [0.3, 0.4) is 0 Å². The molecule has 4 heteroatoms. The molecule has 2 aromatic carbocycles. The van der Waals surface area contributed by atoms with E-state index >= 15 is 0 Å². The first-order valence-electron chi connectivity index (χ1n) is 9.32. The van der Waals surface area contributed by atoms with Crippen molar-refractivity contribution >= 4 is 5.91 Å². The van der Waals surface area contributed by atoms with Crippen molar-refractivity contribution < 1.29 is 9.53 Å². The highest BCUT2D eigenvalue weighted by atomic mass is 16.5. The van der Waals surface area contributed by atoms with E-state index in [4.69, 9.17) is 4.74 Å². The summed E-state index contributed by atoms with van der Waals surface area (Å²) >= 11 is 0. The molecule has 27 heavy (non-hydrogen) atoms. The first-order chi connectivity index (χ1) is 13.0. The van der Waals surface area contributed by atoms with Gasteiger partial charge in [-0.15, -0.1) is 0 Å². The summed E-state index contributed by atoms with van der Waals surface area (Å²) < 4.78 is 7.17. The second-order valence-electron chi connectivity index (χ2n) is 7.23. The van der Waals surface area contributed by atoms with Crippen LogP contribution in [-0.4, -0.2) is 22.3 Å². The van der Waals surface area contributed by atoms with Crippen molar-refractivity contribution in [3.63, 3.8) is 0 Å². The third kappa shape index (κ3) is 4.45. The summed E-state index contributed by atoms with van der Waals surface area (Å²) in [6, 6.07) is 17.9. The number of aryl methyl sites for hydroxylation is 1. The number of carbonyl (C=O) groups is 1. The quantitative estimate of drug-likeness (QED) is 0.614. The maximum absolute atomic E-state index is 12.6. The van der Waals surface area contributed by atoms with E-state index in [2.05, 4.69) is 31.1 Å². The zero-order chi connectivity index (χ0) is 19.4. The van der Waals surface area contributed by atoms with Crippen LogP contribution in [0.15, 0.2) is 54.6 Å². The van der Waals surface area contributed by atoms with Gasteiger partial charge in [0.15, 0.2) is 6.61 Å². The molecule has 3 aromatic rings. The van der Waals surface area contributed by atoms with E-state index in [1.54, 1.807) is 0 Å². The van der Waals surface area contributed by atoms with Crippen molar-refractivity contribution in [1.82, 2.24) is 9.78 Å². The van der Waals surface area contributed by atoms with Crippen LogP contribution in [-0.2, 0) is 6.42 Å². The largest absolute Gasteiger partial charge is 0.484 e. The summed E-state index contributed by atoms with van der Waals surface area (Å²) in [4.78, 5) is 12.6. The molecule has 140 valence electrons. The van der Waals surface area contributed by atoms with E-state index in [0.29, 0.717) is 11.7 Å². The number of hydrogen-bond donors (Lipinski definition) is 0. The average Bonchev–Trinajstić information content (AvgIpc) is 2.95. The Bertz CT molecular complexity index is 910. The summed E-state index contributed by atoms with van der Waals surface area (Å²) in [5.74, 6) is 1.04. The molecule has 0 fully saturated rings. The Hall–Kier alpha value is -2.88. The Morgan fingerprint density at radius 2 is 1.63 bits per heavy atom. The van der Waals surface area contributed by atoms with Crippen molar-refractivity contribution in [2.45, 2.75) is 34.1 Å².